The molecule has 0 saturated heterocycles. The summed E-state index contributed by atoms with van der Waals surface area (Å²) in [5.74, 6) is -1.05. The molecule has 0 aliphatic carbocycles. The molecule has 0 atom stereocenters. The number of nitrogens with one attached hydrogen (secondary N) is 1. The molecule has 1 aromatic heterocycles. The molecule has 1 aromatic rings. The van der Waals surface area contributed by atoms with Crippen molar-refractivity contribution in [2.75, 3.05) is 27.2 Å². The Kier molecular flexibility index (Phi) is 7.04. The van der Waals surface area contributed by atoms with Gasteiger partial charge in [0.2, 0.25) is 5.91 Å². The molecule has 2 N–H and O–H groups in total. The number of carboxylic acid groups (broad SMARTS) is 1. The van der Waals surface area contributed by atoms with Crippen LogP contribution in [0.5, 0.6) is 0 Å². The lowest BCUT2D eigenvalue weighted by Crippen LogP contribution is -2.35. The zero-order chi connectivity index (χ0) is 16.5. The SMILES string of the molecule is CCN(/C=C/N(C)C)C(=O)CNCc1cc(C(=O)O)ccn1. The quantitative estimate of drug-likeness (QED) is 0.737. The van der Waals surface area contributed by atoms with Gasteiger partial charge in [-0.25, -0.2) is 4.79 Å². The van der Waals surface area contributed by atoms with Gasteiger partial charge in [-0.05, 0) is 19.1 Å². The van der Waals surface area contributed by atoms with Gasteiger partial charge in [0.05, 0.1) is 17.8 Å². The fourth-order valence-electron chi connectivity index (χ4n) is 1.69. The summed E-state index contributed by atoms with van der Waals surface area (Å²) in [5, 5.41) is 11.9. The number of pyridine rings is 1. The van der Waals surface area contributed by atoms with Crippen molar-refractivity contribution < 1.29 is 14.7 Å². The summed E-state index contributed by atoms with van der Waals surface area (Å²) in [6, 6.07) is 2.92. The number of hydrogen-bond donors (Lipinski definition) is 2. The van der Waals surface area contributed by atoms with E-state index in [2.05, 4.69) is 10.3 Å². The van der Waals surface area contributed by atoms with Crippen LogP contribution in [0, 0.1) is 0 Å². The van der Waals surface area contributed by atoms with Crippen LogP contribution in [0.1, 0.15) is 23.0 Å². The van der Waals surface area contributed by atoms with Gasteiger partial charge in [0.25, 0.3) is 0 Å². The fourth-order valence-corrected chi connectivity index (χ4v) is 1.69. The topological polar surface area (TPSA) is 85.8 Å². The monoisotopic (exact) mass is 306 g/mol. The lowest BCUT2D eigenvalue weighted by Gasteiger charge is -2.17. The Morgan fingerprint density at radius 3 is 2.68 bits per heavy atom. The number of rotatable bonds is 8. The maximum absolute atomic E-state index is 12.0. The van der Waals surface area contributed by atoms with Crippen LogP contribution < -0.4 is 5.32 Å². The first-order valence-corrected chi connectivity index (χ1v) is 6.97. The van der Waals surface area contributed by atoms with Crippen molar-refractivity contribution in [2.24, 2.45) is 0 Å². The van der Waals surface area contributed by atoms with Crippen LogP contribution in [-0.2, 0) is 11.3 Å². The van der Waals surface area contributed by atoms with Crippen LogP contribution in [0.15, 0.2) is 30.7 Å². The third-order valence-corrected chi connectivity index (χ3v) is 2.85. The molecular formula is C15H22N4O3. The second-order valence-electron chi connectivity index (χ2n) is 4.89. The molecule has 1 heterocycles. The Labute approximate surface area is 130 Å². The second kappa shape index (κ2) is 8.78. The molecule has 0 spiro atoms. The number of aromatic carboxylic acids is 1. The minimum Gasteiger partial charge on any atom is -0.478 e. The molecule has 120 valence electrons. The highest BCUT2D eigenvalue weighted by atomic mass is 16.4. The highest BCUT2D eigenvalue weighted by molar-refractivity contribution is 5.87. The molecule has 0 radical (unpaired) electrons. The first kappa shape index (κ1) is 17.6. The molecule has 0 bridgehead atoms. The van der Waals surface area contributed by atoms with Gasteiger partial charge < -0.3 is 20.2 Å². The Balaban J connectivity index is 2.50. The van der Waals surface area contributed by atoms with Gasteiger partial charge in [-0.2, -0.15) is 0 Å². The summed E-state index contributed by atoms with van der Waals surface area (Å²) in [6.07, 6.45) is 4.98. The van der Waals surface area contributed by atoms with Gasteiger partial charge in [-0.1, -0.05) is 0 Å². The number of hydrogen-bond acceptors (Lipinski definition) is 5. The van der Waals surface area contributed by atoms with Crippen molar-refractivity contribution in [1.29, 1.82) is 0 Å². The van der Waals surface area contributed by atoms with Crippen molar-refractivity contribution in [1.82, 2.24) is 20.1 Å². The van der Waals surface area contributed by atoms with Crippen LogP contribution in [0.4, 0.5) is 0 Å². The first-order chi connectivity index (χ1) is 10.4. The summed E-state index contributed by atoms with van der Waals surface area (Å²) in [7, 11) is 3.77. The van der Waals surface area contributed by atoms with Crippen LogP contribution in [-0.4, -0.2) is 59.0 Å². The standard InChI is InChI=1S/C15H22N4O3/c1-4-19(8-7-18(2)3)14(20)11-16-10-13-9-12(15(21)22)5-6-17-13/h5-9,16H,4,10-11H2,1-3H3,(H,21,22)/b8-7+. The largest absolute Gasteiger partial charge is 0.478 e. The molecule has 0 fully saturated rings. The number of carboxylic acids is 1. The molecule has 0 saturated carbocycles. The molecule has 1 amide bonds. The summed E-state index contributed by atoms with van der Waals surface area (Å²) < 4.78 is 0. The van der Waals surface area contributed by atoms with Gasteiger partial charge in [-0.15, -0.1) is 0 Å². The van der Waals surface area contributed by atoms with E-state index < -0.39 is 5.97 Å². The number of amides is 1. The van der Waals surface area contributed by atoms with E-state index >= 15 is 0 Å². The number of likely N-dealkylation sites (N-methyl/N-ethyl adjacent to an activating group) is 1. The molecule has 0 aliphatic rings. The molecular weight excluding hydrogens is 284 g/mol. The lowest BCUT2D eigenvalue weighted by atomic mass is 10.2. The highest BCUT2D eigenvalue weighted by Crippen LogP contribution is 2.01. The second-order valence-corrected chi connectivity index (χ2v) is 4.89. The molecule has 7 nitrogen and oxygen atoms in total. The van der Waals surface area contributed by atoms with Crippen molar-refractivity contribution in [3.8, 4) is 0 Å². The summed E-state index contributed by atoms with van der Waals surface area (Å²) in [6.45, 7) is 2.97. The lowest BCUT2D eigenvalue weighted by molar-refractivity contribution is -0.127. The van der Waals surface area contributed by atoms with E-state index in [1.807, 2.05) is 25.9 Å². The molecule has 1 rings (SSSR count). The molecule has 7 heteroatoms. The molecule has 0 aromatic carbocycles. The van der Waals surface area contributed by atoms with E-state index in [0.29, 0.717) is 18.8 Å². The predicted octanol–water partition coefficient (Wildman–Crippen LogP) is 0.751. The first-order valence-electron chi connectivity index (χ1n) is 6.97. The van der Waals surface area contributed by atoms with Gasteiger partial charge in [0.1, 0.15) is 0 Å². The average Bonchev–Trinajstić information content (AvgIpc) is 2.48. The highest BCUT2D eigenvalue weighted by Gasteiger charge is 2.09. The van der Waals surface area contributed by atoms with E-state index in [0.717, 1.165) is 0 Å². The maximum Gasteiger partial charge on any atom is 0.335 e. The van der Waals surface area contributed by atoms with Gasteiger partial charge in [-0.3, -0.25) is 9.78 Å². The fraction of sp³-hybridized carbons (Fsp3) is 0.400. The van der Waals surface area contributed by atoms with Gasteiger partial charge in [0, 0.05) is 45.8 Å². The number of carbonyl (C=O) groups excluding carboxylic acids is 1. The van der Waals surface area contributed by atoms with Gasteiger partial charge in [0.15, 0.2) is 0 Å². The van der Waals surface area contributed by atoms with Gasteiger partial charge >= 0.3 is 5.97 Å². The van der Waals surface area contributed by atoms with Crippen molar-refractivity contribution >= 4 is 11.9 Å². The summed E-state index contributed by atoms with van der Waals surface area (Å²) in [4.78, 5) is 30.4. The maximum atomic E-state index is 12.0. The third kappa shape index (κ3) is 5.92. The van der Waals surface area contributed by atoms with E-state index in [-0.39, 0.29) is 18.0 Å². The zero-order valence-electron chi connectivity index (χ0n) is 13.1. The number of carbonyl (C=O) groups is 2. The minimum absolute atomic E-state index is 0.0602. The van der Waals surface area contributed by atoms with E-state index in [4.69, 9.17) is 5.11 Å². The molecule has 22 heavy (non-hydrogen) atoms. The van der Waals surface area contributed by atoms with Crippen LogP contribution in [0.25, 0.3) is 0 Å². The summed E-state index contributed by atoms with van der Waals surface area (Å²) >= 11 is 0. The van der Waals surface area contributed by atoms with Crippen molar-refractivity contribution in [3.05, 3.63) is 42.0 Å². The van der Waals surface area contributed by atoms with Crippen LogP contribution >= 0.6 is 0 Å². The Bertz CT molecular complexity index is 543. The van der Waals surface area contributed by atoms with Crippen LogP contribution in [0.2, 0.25) is 0 Å². The number of aromatic nitrogens is 1. The Morgan fingerprint density at radius 1 is 1.36 bits per heavy atom. The van der Waals surface area contributed by atoms with Crippen LogP contribution in [0.3, 0.4) is 0 Å². The molecule has 0 aliphatic heterocycles. The van der Waals surface area contributed by atoms with E-state index in [1.165, 1.54) is 18.3 Å². The summed E-state index contributed by atoms with van der Waals surface area (Å²) in [5.41, 5.74) is 0.766. The van der Waals surface area contributed by atoms with E-state index in [9.17, 15) is 9.59 Å². The predicted molar refractivity (Wildman–Crippen MR) is 83.1 cm³/mol. The average molecular weight is 306 g/mol. The smallest absolute Gasteiger partial charge is 0.335 e. The van der Waals surface area contributed by atoms with E-state index in [1.54, 1.807) is 17.3 Å². The van der Waals surface area contributed by atoms with Crippen molar-refractivity contribution in [2.45, 2.75) is 13.5 Å². The Morgan fingerprint density at radius 2 is 2.09 bits per heavy atom. The number of nitrogens with zero attached hydrogens (tertiary/aromatic N) is 3. The third-order valence-electron chi connectivity index (χ3n) is 2.85. The molecule has 0 unspecified atom stereocenters. The normalized spacial score (nSPS) is 10.7. The minimum atomic E-state index is -0.995. The Hall–Kier alpha value is -2.41. The zero-order valence-corrected chi connectivity index (χ0v) is 13.1. The van der Waals surface area contributed by atoms with Crippen molar-refractivity contribution in [3.63, 3.8) is 0 Å².